The molecule has 1 amide bonds. The molecule has 0 saturated carbocycles. The number of benzene rings is 1. The van der Waals surface area contributed by atoms with Crippen LogP contribution < -0.4 is 0 Å². The fraction of sp³-hybridized carbons (Fsp3) is 0.429. The number of halogens is 2. The molecule has 6 heteroatoms. The van der Waals surface area contributed by atoms with Crippen molar-refractivity contribution in [1.82, 2.24) is 4.90 Å². The van der Waals surface area contributed by atoms with E-state index in [9.17, 15) is 19.1 Å². The lowest BCUT2D eigenvalue weighted by Gasteiger charge is -2.36. The van der Waals surface area contributed by atoms with E-state index in [1.807, 2.05) is 6.92 Å². The van der Waals surface area contributed by atoms with Crippen LogP contribution in [0, 0.1) is 11.7 Å². The summed E-state index contributed by atoms with van der Waals surface area (Å²) in [6.07, 6.45) is 1.16. The van der Waals surface area contributed by atoms with Crippen molar-refractivity contribution in [3.05, 3.63) is 34.6 Å². The lowest BCUT2D eigenvalue weighted by atomic mass is 9.92. The summed E-state index contributed by atoms with van der Waals surface area (Å²) in [6.45, 7) is 2.33. The van der Waals surface area contributed by atoms with E-state index in [4.69, 9.17) is 11.6 Å². The largest absolute Gasteiger partial charge is 0.480 e. The summed E-state index contributed by atoms with van der Waals surface area (Å²) in [7, 11) is 0. The van der Waals surface area contributed by atoms with Crippen LogP contribution in [-0.4, -0.2) is 34.5 Å². The number of nitrogens with zero attached hydrogens (tertiary/aromatic N) is 1. The summed E-state index contributed by atoms with van der Waals surface area (Å²) in [6, 6.07) is 2.63. The maximum atomic E-state index is 13.0. The van der Waals surface area contributed by atoms with Crippen LogP contribution in [0.5, 0.6) is 0 Å². The number of hydrogen-bond donors (Lipinski definition) is 1. The number of carboxylic acid groups (broad SMARTS) is 1. The highest BCUT2D eigenvalue weighted by Crippen LogP contribution is 2.26. The lowest BCUT2D eigenvalue weighted by Crippen LogP contribution is -2.49. The van der Waals surface area contributed by atoms with E-state index >= 15 is 0 Å². The van der Waals surface area contributed by atoms with Gasteiger partial charge in [-0.05, 0) is 37.0 Å². The molecule has 1 heterocycles. The average Bonchev–Trinajstić information content (AvgIpc) is 2.37. The molecule has 1 saturated heterocycles. The summed E-state index contributed by atoms with van der Waals surface area (Å²) in [5.74, 6) is -1.77. The fourth-order valence-corrected chi connectivity index (χ4v) is 2.68. The first kappa shape index (κ1) is 14.8. The first-order valence-corrected chi connectivity index (χ1v) is 6.76. The third-order valence-electron chi connectivity index (χ3n) is 3.57. The van der Waals surface area contributed by atoms with Crippen LogP contribution in [0.3, 0.4) is 0 Å². The minimum atomic E-state index is -1.02. The van der Waals surface area contributed by atoms with E-state index in [0.717, 1.165) is 18.6 Å². The Morgan fingerprint density at radius 1 is 1.45 bits per heavy atom. The molecule has 2 unspecified atom stereocenters. The van der Waals surface area contributed by atoms with Crippen molar-refractivity contribution >= 4 is 23.5 Å². The Balaban J connectivity index is 2.28. The molecular formula is C14H15ClFNO3. The number of rotatable bonds is 2. The number of likely N-dealkylation sites (tertiary alicyclic amines) is 1. The predicted molar refractivity (Wildman–Crippen MR) is 72.3 cm³/mol. The molecule has 1 N–H and O–H groups in total. The first-order valence-electron chi connectivity index (χ1n) is 6.39. The zero-order valence-electron chi connectivity index (χ0n) is 11.0. The Morgan fingerprint density at radius 2 is 2.15 bits per heavy atom. The second-order valence-electron chi connectivity index (χ2n) is 5.11. The van der Waals surface area contributed by atoms with Crippen molar-refractivity contribution in [3.8, 4) is 0 Å². The van der Waals surface area contributed by atoms with Gasteiger partial charge in [0.25, 0.3) is 5.91 Å². The molecule has 0 bridgehead atoms. The zero-order chi connectivity index (χ0) is 14.9. The molecule has 1 aromatic rings. The van der Waals surface area contributed by atoms with Gasteiger partial charge in [-0.2, -0.15) is 0 Å². The summed E-state index contributed by atoms with van der Waals surface area (Å²) in [4.78, 5) is 25.0. The van der Waals surface area contributed by atoms with Crippen LogP contribution >= 0.6 is 11.6 Å². The normalized spacial score (nSPS) is 22.6. The van der Waals surface area contributed by atoms with Crippen LogP contribution in [0.2, 0.25) is 5.02 Å². The molecule has 1 fully saturated rings. The summed E-state index contributed by atoms with van der Waals surface area (Å²) in [5.41, 5.74) is 0.133. The van der Waals surface area contributed by atoms with Gasteiger partial charge < -0.3 is 10.0 Å². The molecule has 1 aliphatic heterocycles. The van der Waals surface area contributed by atoms with Crippen LogP contribution in [0.1, 0.15) is 30.1 Å². The Hall–Kier alpha value is -1.62. The smallest absolute Gasteiger partial charge is 0.326 e. The van der Waals surface area contributed by atoms with Crippen LogP contribution in [0.4, 0.5) is 4.39 Å². The summed E-state index contributed by atoms with van der Waals surface area (Å²) < 4.78 is 13.0. The highest BCUT2D eigenvalue weighted by molar-refractivity contribution is 6.33. The van der Waals surface area contributed by atoms with Crippen molar-refractivity contribution in [2.75, 3.05) is 6.54 Å². The standard InChI is InChI=1S/C14H15ClFNO3/c1-8-4-5-17(12(6-8)14(19)20)13(18)10-3-2-9(16)7-11(10)15/h2-3,7-8,12H,4-6H2,1H3,(H,19,20). The monoisotopic (exact) mass is 299 g/mol. The van der Waals surface area contributed by atoms with Gasteiger partial charge >= 0.3 is 5.97 Å². The molecule has 0 radical (unpaired) electrons. The summed E-state index contributed by atoms with van der Waals surface area (Å²) in [5, 5.41) is 9.25. The van der Waals surface area contributed by atoms with Gasteiger partial charge in [0.15, 0.2) is 0 Å². The van der Waals surface area contributed by atoms with E-state index in [-0.39, 0.29) is 16.5 Å². The van der Waals surface area contributed by atoms with Crippen molar-refractivity contribution in [2.45, 2.75) is 25.8 Å². The Kier molecular flexibility index (Phi) is 4.28. The molecule has 0 spiro atoms. The highest BCUT2D eigenvalue weighted by Gasteiger charge is 2.35. The quantitative estimate of drug-likeness (QED) is 0.913. The van der Waals surface area contributed by atoms with Gasteiger partial charge in [-0.1, -0.05) is 18.5 Å². The molecule has 0 aromatic heterocycles. The van der Waals surface area contributed by atoms with Crippen LogP contribution in [-0.2, 0) is 4.79 Å². The number of aliphatic carboxylic acids is 1. The van der Waals surface area contributed by atoms with E-state index in [2.05, 4.69) is 0 Å². The minimum absolute atomic E-state index is 0.00207. The molecular weight excluding hydrogens is 285 g/mol. The van der Waals surface area contributed by atoms with Crippen LogP contribution in [0.25, 0.3) is 0 Å². The molecule has 4 nitrogen and oxygen atoms in total. The second kappa shape index (κ2) is 5.79. The van der Waals surface area contributed by atoms with Crippen molar-refractivity contribution < 1.29 is 19.1 Å². The van der Waals surface area contributed by atoms with Gasteiger partial charge in [0.2, 0.25) is 0 Å². The van der Waals surface area contributed by atoms with E-state index in [1.54, 1.807) is 0 Å². The molecule has 2 rings (SSSR count). The second-order valence-corrected chi connectivity index (χ2v) is 5.51. The maximum absolute atomic E-state index is 13.0. The van der Waals surface area contributed by atoms with Gasteiger partial charge in [-0.25, -0.2) is 9.18 Å². The van der Waals surface area contributed by atoms with Gasteiger partial charge in [0.1, 0.15) is 11.9 Å². The Morgan fingerprint density at radius 3 is 2.75 bits per heavy atom. The average molecular weight is 300 g/mol. The molecule has 1 aromatic carbocycles. The third-order valence-corrected chi connectivity index (χ3v) is 3.88. The predicted octanol–water partition coefficient (Wildman–Crippen LogP) is 2.80. The number of carbonyl (C=O) groups is 2. The molecule has 108 valence electrons. The number of piperidine rings is 1. The lowest BCUT2D eigenvalue weighted by molar-refractivity contribution is -0.144. The Bertz CT molecular complexity index is 549. The van der Waals surface area contributed by atoms with Crippen molar-refractivity contribution in [3.63, 3.8) is 0 Å². The number of carbonyl (C=O) groups excluding carboxylic acids is 1. The highest BCUT2D eigenvalue weighted by atomic mass is 35.5. The third kappa shape index (κ3) is 2.93. The Labute approximate surface area is 121 Å². The van der Waals surface area contributed by atoms with Gasteiger partial charge in [0, 0.05) is 6.54 Å². The molecule has 20 heavy (non-hydrogen) atoms. The SMILES string of the molecule is CC1CCN(C(=O)c2ccc(F)cc2Cl)C(C(=O)O)C1. The fourth-order valence-electron chi connectivity index (χ4n) is 2.44. The topological polar surface area (TPSA) is 57.6 Å². The number of carboxylic acids is 1. The molecule has 2 atom stereocenters. The van der Waals surface area contributed by atoms with E-state index < -0.39 is 23.7 Å². The molecule has 1 aliphatic rings. The molecule has 0 aliphatic carbocycles. The van der Waals surface area contributed by atoms with Gasteiger partial charge in [-0.3, -0.25) is 4.79 Å². The van der Waals surface area contributed by atoms with Crippen LogP contribution in [0.15, 0.2) is 18.2 Å². The van der Waals surface area contributed by atoms with Crippen molar-refractivity contribution in [1.29, 1.82) is 0 Å². The zero-order valence-corrected chi connectivity index (χ0v) is 11.7. The van der Waals surface area contributed by atoms with E-state index in [1.165, 1.54) is 11.0 Å². The number of hydrogen-bond acceptors (Lipinski definition) is 2. The van der Waals surface area contributed by atoms with E-state index in [0.29, 0.717) is 13.0 Å². The van der Waals surface area contributed by atoms with Crippen molar-refractivity contribution in [2.24, 2.45) is 5.92 Å². The first-order chi connectivity index (χ1) is 9.40. The summed E-state index contributed by atoms with van der Waals surface area (Å²) >= 11 is 5.86. The van der Waals surface area contributed by atoms with Gasteiger partial charge in [0.05, 0.1) is 10.6 Å². The minimum Gasteiger partial charge on any atom is -0.480 e. The van der Waals surface area contributed by atoms with Gasteiger partial charge in [-0.15, -0.1) is 0 Å². The number of amides is 1. The maximum Gasteiger partial charge on any atom is 0.326 e.